The minimum atomic E-state index is -4.01. The maximum atomic E-state index is 12.8. The van der Waals surface area contributed by atoms with E-state index in [1.54, 1.807) is 13.0 Å². The molecule has 28 heavy (non-hydrogen) atoms. The molecule has 0 unspecified atom stereocenters. The lowest BCUT2D eigenvalue weighted by Crippen LogP contribution is -2.17. The number of ether oxygens (including phenoxy) is 1. The van der Waals surface area contributed by atoms with Crippen LogP contribution >= 0.6 is 0 Å². The van der Waals surface area contributed by atoms with Gasteiger partial charge in [-0.25, -0.2) is 13.2 Å². The Morgan fingerprint density at radius 2 is 1.79 bits per heavy atom. The molecular formula is C18H20N2O7S. The molecule has 0 aliphatic carbocycles. The fourth-order valence-electron chi connectivity index (χ4n) is 2.53. The van der Waals surface area contributed by atoms with E-state index in [1.165, 1.54) is 37.3 Å². The average Bonchev–Trinajstić information content (AvgIpc) is 2.60. The van der Waals surface area contributed by atoms with Gasteiger partial charge in [0.15, 0.2) is 6.61 Å². The zero-order valence-corrected chi connectivity index (χ0v) is 16.0. The Balaban J connectivity index is 2.32. The van der Waals surface area contributed by atoms with Gasteiger partial charge in [-0.05, 0) is 43.7 Å². The standard InChI is InChI=1S/C18H20N2O7S/c1-11-6-7-15(12(2)18(11)27-10-17(23)24)28(25,26)20-14-5-3-4-13(8-14)19-16(22)9-21/h3-8,20-21H,9-10H2,1-2H3,(H,19,22)(H,23,24). The van der Waals surface area contributed by atoms with Gasteiger partial charge in [-0.3, -0.25) is 9.52 Å². The monoisotopic (exact) mass is 408 g/mol. The first-order chi connectivity index (χ1) is 13.1. The van der Waals surface area contributed by atoms with Crippen LogP contribution in [0.5, 0.6) is 5.75 Å². The normalized spacial score (nSPS) is 11.0. The number of carboxylic acids is 1. The fraction of sp³-hybridized carbons (Fsp3) is 0.222. The molecule has 0 saturated heterocycles. The summed E-state index contributed by atoms with van der Waals surface area (Å²) in [5, 5.41) is 20.0. The number of carbonyl (C=O) groups excluding carboxylic acids is 1. The molecule has 0 radical (unpaired) electrons. The Labute approximate surface area is 162 Å². The second kappa shape index (κ2) is 8.72. The van der Waals surface area contributed by atoms with Gasteiger partial charge in [0.1, 0.15) is 12.4 Å². The van der Waals surface area contributed by atoms with E-state index in [4.69, 9.17) is 14.9 Å². The van der Waals surface area contributed by atoms with Crippen LogP contribution in [0, 0.1) is 13.8 Å². The predicted octanol–water partition coefficient (Wildman–Crippen LogP) is 1.50. The molecule has 0 fully saturated rings. The zero-order valence-electron chi connectivity index (χ0n) is 15.2. The van der Waals surface area contributed by atoms with Crippen molar-refractivity contribution in [3.05, 3.63) is 47.5 Å². The zero-order chi connectivity index (χ0) is 20.9. The number of hydrogen-bond acceptors (Lipinski definition) is 6. The summed E-state index contributed by atoms with van der Waals surface area (Å²) in [4.78, 5) is 21.9. The largest absolute Gasteiger partial charge is 0.481 e. The molecule has 1 amide bonds. The highest BCUT2D eigenvalue weighted by Gasteiger charge is 2.21. The summed E-state index contributed by atoms with van der Waals surface area (Å²) >= 11 is 0. The van der Waals surface area contributed by atoms with E-state index < -0.39 is 35.1 Å². The fourth-order valence-corrected chi connectivity index (χ4v) is 3.82. The summed E-state index contributed by atoms with van der Waals surface area (Å²) in [7, 11) is -4.01. The molecule has 0 spiro atoms. The Morgan fingerprint density at radius 1 is 1.11 bits per heavy atom. The van der Waals surface area contributed by atoms with E-state index in [2.05, 4.69) is 10.0 Å². The second-order valence-electron chi connectivity index (χ2n) is 5.91. The van der Waals surface area contributed by atoms with E-state index in [1.807, 2.05) is 0 Å². The van der Waals surface area contributed by atoms with Crippen molar-refractivity contribution in [3.63, 3.8) is 0 Å². The number of aliphatic carboxylic acids is 1. The van der Waals surface area contributed by atoms with Crippen LogP contribution in [0.25, 0.3) is 0 Å². The molecule has 150 valence electrons. The summed E-state index contributed by atoms with van der Waals surface area (Å²) in [6, 6.07) is 8.90. The highest BCUT2D eigenvalue weighted by atomic mass is 32.2. The lowest BCUT2D eigenvalue weighted by atomic mass is 10.1. The summed E-state index contributed by atoms with van der Waals surface area (Å²) in [6.07, 6.45) is 0. The third-order valence-electron chi connectivity index (χ3n) is 3.72. The molecule has 0 saturated carbocycles. The molecule has 0 aromatic heterocycles. The van der Waals surface area contributed by atoms with Crippen LogP contribution in [0.1, 0.15) is 11.1 Å². The number of aliphatic hydroxyl groups excluding tert-OH is 1. The van der Waals surface area contributed by atoms with Crippen molar-refractivity contribution < 1.29 is 33.0 Å². The molecule has 0 atom stereocenters. The lowest BCUT2D eigenvalue weighted by Gasteiger charge is -2.16. The van der Waals surface area contributed by atoms with E-state index >= 15 is 0 Å². The third kappa shape index (κ3) is 5.21. The molecular weight excluding hydrogens is 388 g/mol. The molecule has 9 nitrogen and oxygen atoms in total. The summed E-state index contributed by atoms with van der Waals surface area (Å²) in [5.74, 6) is -1.62. The number of benzene rings is 2. The van der Waals surface area contributed by atoms with Crippen LogP contribution in [-0.2, 0) is 19.6 Å². The number of carbonyl (C=O) groups is 2. The number of hydrogen-bond donors (Lipinski definition) is 4. The van der Waals surface area contributed by atoms with Gasteiger partial charge in [-0.2, -0.15) is 0 Å². The molecule has 4 N–H and O–H groups in total. The molecule has 0 aliphatic rings. The topological polar surface area (TPSA) is 142 Å². The lowest BCUT2D eigenvalue weighted by molar-refractivity contribution is -0.139. The maximum Gasteiger partial charge on any atom is 0.341 e. The number of amides is 1. The predicted molar refractivity (Wildman–Crippen MR) is 102 cm³/mol. The highest BCUT2D eigenvalue weighted by molar-refractivity contribution is 7.92. The Kier molecular flexibility index (Phi) is 6.60. The molecule has 2 aromatic rings. The first-order valence-corrected chi connectivity index (χ1v) is 9.60. The van der Waals surface area contributed by atoms with E-state index in [0.29, 0.717) is 11.3 Å². The smallest absolute Gasteiger partial charge is 0.341 e. The van der Waals surface area contributed by atoms with Gasteiger partial charge in [0.25, 0.3) is 10.0 Å². The van der Waals surface area contributed by atoms with Crippen molar-refractivity contribution >= 4 is 33.3 Å². The first kappa shape index (κ1) is 21.2. The van der Waals surface area contributed by atoms with Crippen LogP contribution in [0.4, 0.5) is 11.4 Å². The van der Waals surface area contributed by atoms with E-state index in [9.17, 15) is 18.0 Å². The van der Waals surface area contributed by atoms with Gasteiger partial charge in [-0.1, -0.05) is 12.1 Å². The van der Waals surface area contributed by atoms with Crippen LogP contribution < -0.4 is 14.8 Å². The molecule has 2 aromatic carbocycles. The van der Waals surface area contributed by atoms with Crippen molar-refractivity contribution in [2.75, 3.05) is 23.3 Å². The SMILES string of the molecule is Cc1ccc(S(=O)(=O)Nc2cccc(NC(=O)CO)c2)c(C)c1OCC(=O)O. The number of aliphatic hydroxyl groups is 1. The Hall–Kier alpha value is -3.11. The Bertz CT molecular complexity index is 1000. The van der Waals surface area contributed by atoms with Gasteiger partial charge in [0.2, 0.25) is 5.91 Å². The third-order valence-corrected chi connectivity index (χ3v) is 5.25. The van der Waals surface area contributed by atoms with Crippen molar-refractivity contribution in [1.82, 2.24) is 0 Å². The maximum absolute atomic E-state index is 12.8. The van der Waals surface area contributed by atoms with Gasteiger partial charge < -0.3 is 20.3 Å². The number of sulfonamides is 1. The molecule has 10 heteroatoms. The van der Waals surface area contributed by atoms with Crippen molar-refractivity contribution in [2.24, 2.45) is 0 Å². The highest BCUT2D eigenvalue weighted by Crippen LogP contribution is 2.30. The Morgan fingerprint density at radius 3 is 2.43 bits per heavy atom. The summed E-state index contributed by atoms with van der Waals surface area (Å²) in [6.45, 7) is 1.92. The second-order valence-corrected chi connectivity index (χ2v) is 7.56. The number of anilines is 2. The van der Waals surface area contributed by atoms with Gasteiger partial charge in [0, 0.05) is 11.3 Å². The molecule has 0 bridgehead atoms. The molecule has 0 heterocycles. The summed E-state index contributed by atoms with van der Waals surface area (Å²) < 4.78 is 33.2. The van der Waals surface area contributed by atoms with Crippen LogP contribution in [0.15, 0.2) is 41.3 Å². The van der Waals surface area contributed by atoms with Crippen molar-refractivity contribution in [1.29, 1.82) is 0 Å². The van der Waals surface area contributed by atoms with Gasteiger partial charge in [-0.15, -0.1) is 0 Å². The average molecular weight is 408 g/mol. The van der Waals surface area contributed by atoms with Crippen LogP contribution in [0.3, 0.4) is 0 Å². The van der Waals surface area contributed by atoms with Gasteiger partial charge >= 0.3 is 5.97 Å². The van der Waals surface area contributed by atoms with Crippen LogP contribution in [-0.4, -0.2) is 43.7 Å². The van der Waals surface area contributed by atoms with Crippen LogP contribution in [0.2, 0.25) is 0 Å². The van der Waals surface area contributed by atoms with E-state index in [0.717, 1.165) is 0 Å². The minimum Gasteiger partial charge on any atom is -0.481 e. The quantitative estimate of drug-likeness (QED) is 0.518. The van der Waals surface area contributed by atoms with Crippen molar-refractivity contribution in [2.45, 2.75) is 18.7 Å². The van der Waals surface area contributed by atoms with Crippen molar-refractivity contribution in [3.8, 4) is 5.75 Å². The molecule has 2 rings (SSSR count). The molecule has 0 aliphatic heterocycles. The van der Waals surface area contributed by atoms with Gasteiger partial charge in [0.05, 0.1) is 10.6 Å². The van der Waals surface area contributed by atoms with E-state index in [-0.39, 0.29) is 21.9 Å². The first-order valence-electron chi connectivity index (χ1n) is 8.12. The minimum absolute atomic E-state index is 0.0664. The summed E-state index contributed by atoms with van der Waals surface area (Å²) in [5.41, 5.74) is 1.39. The number of nitrogens with one attached hydrogen (secondary N) is 2. The number of carboxylic acid groups (broad SMARTS) is 1. The number of rotatable bonds is 8. The number of aryl methyl sites for hydroxylation is 1.